The highest BCUT2D eigenvalue weighted by molar-refractivity contribution is 7.98. The van der Waals surface area contributed by atoms with E-state index in [4.69, 9.17) is 27.9 Å². The van der Waals surface area contributed by atoms with E-state index in [0.29, 0.717) is 34.6 Å². The van der Waals surface area contributed by atoms with E-state index in [0.717, 1.165) is 11.1 Å². The molecule has 0 aliphatic rings. The summed E-state index contributed by atoms with van der Waals surface area (Å²) in [4.78, 5) is 26.0. The first kappa shape index (κ1) is 33.4. The van der Waals surface area contributed by atoms with Crippen molar-refractivity contribution in [2.24, 2.45) is 0 Å². The third-order valence-electron chi connectivity index (χ3n) is 7.02. The normalized spacial score (nSPS) is 11.9. The van der Waals surface area contributed by atoms with Crippen LogP contribution in [0.1, 0.15) is 27.9 Å². The first-order chi connectivity index (χ1) is 21.1. The molecular weight excluding hydrogens is 639 g/mol. The first-order valence-corrected chi connectivity index (χ1v) is 17.3. The highest BCUT2D eigenvalue weighted by Gasteiger charge is 2.29. The number of thioether (sulfide) groups is 1. The summed E-state index contributed by atoms with van der Waals surface area (Å²) in [6.45, 7) is 1.87. The molecule has 4 aromatic carbocycles. The summed E-state index contributed by atoms with van der Waals surface area (Å²) >= 11 is 14.1. The van der Waals surface area contributed by atoms with Crippen LogP contribution in [-0.4, -0.2) is 45.5 Å². The molecule has 0 saturated heterocycles. The van der Waals surface area contributed by atoms with Gasteiger partial charge in [-0.15, -0.1) is 0 Å². The minimum Gasteiger partial charge on any atom is -0.467 e. The molecule has 11 heteroatoms. The van der Waals surface area contributed by atoms with Gasteiger partial charge in [-0.1, -0.05) is 77.8 Å². The molecule has 0 fully saturated rings. The van der Waals surface area contributed by atoms with Crippen LogP contribution in [0.2, 0.25) is 10.0 Å². The number of nitrogens with one attached hydrogen (secondary N) is 1. The number of aryl methyl sites for hydroxylation is 1. The second-order valence-electron chi connectivity index (χ2n) is 9.92. The third kappa shape index (κ3) is 7.58. The van der Waals surface area contributed by atoms with Gasteiger partial charge in [-0.2, -0.15) is 11.8 Å². The molecule has 0 heterocycles. The molecule has 0 aliphatic heterocycles. The van der Waals surface area contributed by atoms with Crippen LogP contribution in [0.4, 0.5) is 5.69 Å². The van der Waals surface area contributed by atoms with Crippen LogP contribution in [-0.2, 0) is 26.1 Å². The van der Waals surface area contributed by atoms with Crippen molar-refractivity contribution in [2.45, 2.75) is 30.8 Å². The van der Waals surface area contributed by atoms with E-state index >= 15 is 0 Å². The Kier molecular flexibility index (Phi) is 11.4. The summed E-state index contributed by atoms with van der Waals surface area (Å²) in [5.41, 5.74) is 3.70. The fraction of sp³-hybridized carbons (Fsp3) is 0.212. The minimum absolute atomic E-state index is 0.0610. The number of hydrogen-bond acceptors (Lipinski definition) is 6. The quantitative estimate of drug-likeness (QED) is 0.158. The summed E-state index contributed by atoms with van der Waals surface area (Å²) in [5, 5.41) is 2.89. The van der Waals surface area contributed by atoms with Crippen molar-refractivity contribution in [3.8, 4) is 11.1 Å². The van der Waals surface area contributed by atoms with Crippen molar-refractivity contribution in [1.82, 2.24) is 5.32 Å². The Hall–Kier alpha value is -3.50. The van der Waals surface area contributed by atoms with Crippen LogP contribution in [0.15, 0.2) is 95.9 Å². The summed E-state index contributed by atoms with van der Waals surface area (Å²) in [7, 11) is -2.88. The number of sulfonamides is 1. The van der Waals surface area contributed by atoms with Gasteiger partial charge in [0.15, 0.2) is 0 Å². The molecule has 4 aromatic rings. The lowest BCUT2D eigenvalue weighted by atomic mass is 9.93. The minimum atomic E-state index is -4.17. The molecule has 0 unspecified atom stereocenters. The molecule has 7 nitrogen and oxygen atoms in total. The second kappa shape index (κ2) is 15.0. The number of hydrogen-bond donors (Lipinski definition) is 1. The Labute approximate surface area is 272 Å². The molecule has 0 radical (unpaired) electrons. The number of para-hydroxylation sites is 1. The van der Waals surface area contributed by atoms with Gasteiger partial charge in [0, 0.05) is 5.56 Å². The molecule has 1 N–H and O–H groups in total. The highest BCUT2D eigenvalue weighted by Crippen LogP contribution is 2.35. The van der Waals surface area contributed by atoms with Gasteiger partial charge in [0.2, 0.25) is 0 Å². The first-order valence-electron chi connectivity index (χ1n) is 13.7. The SMILES string of the molecule is COC(=O)[C@H](CCSC)NC(=O)c1ccc(CN(c2ccccc2)S(=O)(=O)c2cccc(Cl)c2Cl)cc1-c1ccccc1C. The zero-order valence-electron chi connectivity index (χ0n) is 24.4. The van der Waals surface area contributed by atoms with E-state index in [1.54, 1.807) is 60.3 Å². The number of rotatable bonds is 12. The number of esters is 1. The maximum Gasteiger partial charge on any atom is 0.328 e. The van der Waals surface area contributed by atoms with Crippen molar-refractivity contribution in [2.75, 3.05) is 23.4 Å². The van der Waals surface area contributed by atoms with E-state index < -0.39 is 27.9 Å². The van der Waals surface area contributed by atoms with Crippen molar-refractivity contribution < 1.29 is 22.7 Å². The number of benzene rings is 4. The van der Waals surface area contributed by atoms with Crippen molar-refractivity contribution in [3.05, 3.63) is 118 Å². The van der Waals surface area contributed by atoms with Crippen LogP contribution < -0.4 is 9.62 Å². The van der Waals surface area contributed by atoms with E-state index in [9.17, 15) is 18.0 Å². The van der Waals surface area contributed by atoms with Gasteiger partial charge in [-0.3, -0.25) is 9.10 Å². The molecule has 44 heavy (non-hydrogen) atoms. The average Bonchev–Trinajstić information content (AvgIpc) is 3.03. The standard InChI is InChI=1S/C33H32Cl2N2O5S2/c1-22-10-7-8-13-25(22)27-20-23(16-17-26(27)32(38)36-29(18-19-43-3)33(39)42-2)21-37(24-11-5-4-6-12-24)44(40,41)30-15-9-14-28(34)31(30)35/h4-17,20,29H,18-19,21H2,1-3H3,(H,36,38)/t29-/m0/s1. The van der Waals surface area contributed by atoms with E-state index in [1.807, 2.05) is 37.4 Å². The van der Waals surface area contributed by atoms with Crippen LogP contribution >= 0.6 is 35.0 Å². The van der Waals surface area contributed by atoms with Gasteiger partial charge in [0.05, 0.1) is 29.4 Å². The smallest absolute Gasteiger partial charge is 0.328 e. The molecular formula is C33H32Cl2N2O5S2. The number of anilines is 1. The second-order valence-corrected chi connectivity index (χ2v) is 13.5. The maximum atomic E-state index is 14.1. The monoisotopic (exact) mass is 670 g/mol. The number of nitrogens with zero attached hydrogens (tertiary/aromatic N) is 1. The number of carbonyl (C=O) groups excluding carboxylic acids is 2. The van der Waals surface area contributed by atoms with E-state index in [-0.39, 0.29) is 21.5 Å². The molecule has 0 aliphatic carbocycles. The topological polar surface area (TPSA) is 92.8 Å². The summed E-state index contributed by atoms with van der Waals surface area (Å²) in [5.74, 6) is -0.307. The Bertz CT molecular complexity index is 1750. The predicted molar refractivity (Wildman–Crippen MR) is 179 cm³/mol. The summed E-state index contributed by atoms with van der Waals surface area (Å²) < 4.78 is 34.3. The lowest BCUT2D eigenvalue weighted by Gasteiger charge is -2.26. The maximum absolute atomic E-state index is 14.1. The molecule has 0 spiro atoms. The average molecular weight is 672 g/mol. The number of halogens is 2. The predicted octanol–water partition coefficient (Wildman–Crippen LogP) is 7.39. The molecule has 4 rings (SSSR count). The number of methoxy groups -OCH3 is 1. The van der Waals surface area contributed by atoms with Crippen LogP contribution in [0.5, 0.6) is 0 Å². The zero-order valence-corrected chi connectivity index (χ0v) is 27.6. The van der Waals surface area contributed by atoms with Crippen LogP contribution in [0.25, 0.3) is 11.1 Å². The van der Waals surface area contributed by atoms with Gasteiger partial charge in [-0.25, -0.2) is 13.2 Å². The van der Waals surface area contributed by atoms with E-state index in [1.165, 1.54) is 29.6 Å². The fourth-order valence-electron chi connectivity index (χ4n) is 4.73. The molecule has 230 valence electrons. The number of amides is 1. The molecule has 0 saturated carbocycles. The highest BCUT2D eigenvalue weighted by atomic mass is 35.5. The van der Waals surface area contributed by atoms with Gasteiger partial charge < -0.3 is 10.1 Å². The summed E-state index contributed by atoms with van der Waals surface area (Å²) in [6, 6.07) is 25.1. The third-order valence-corrected chi connectivity index (χ3v) is 10.4. The molecule has 1 amide bonds. The van der Waals surface area contributed by atoms with E-state index in [2.05, 4.69) is 5.32 Å². The van der Waals surface area contributed by atoms with Gasteiger partial charge in [0.1, 0.15) is 10.9 Å². The van der Waals surface area contributed by atoms with Crippen LogP contribution in [0, 0.1) is 6.92 Å². The van der Waals surface area contributed by atoms with Crippen LogP contribution in [0.3, 0.4) is 0 Å². The zero-order chi connectivity index (χ0) is 31.9. The molecule has 0 aromatic heterocycles. The number of ether oxygens (including phenoxy) is 1. The van der Waals surface area contributed by atoms with Crippen molar-refractivity contribution >= 4 is 62.6 Å². The lowest BCUT2D eigenvalue weighted by molar-refractivity contribution is -0.142. The van der Waals surface area contributed by atoms with Gasteiger partial charge in [-0.05, 0) is 84.0 Å². The van der Waals surface area contributed by atoms with Gasteiger partial charge >= 0.3 is 5.97 Å². The Balaban J connectivity index is 1.81. The number of carbonyl (C=O) groups is 2. The van der Waals surface area contributed by atoms with Gasteiger partial charge in [0.25, 0.3) is 15.9 Å². The Morgan fingerprint density at radius 3 is 2.32 bits per heavy atom. The van der Waals surface area contributed by atoms with Crippen molar-refractivity contribution in [3.63, 3.8) is 0 Å². The molecule has 0 bridgehead atoms. The Morgan fingerprint density at radius 2 is 1.64 bits per heavy atom. The lowest BCUT2D eigenvalue weighted by Crippen LogP contribution is -2.42. The fourth-order valence-corrected chi connectivity index (χ4v) is 7.39. The largest absolute Gasteiger partial charge is 0.467 e. The van der Waals surface area contributed by atoms with Crippen molar-refractivity contribution in [1.29, 1.82) is 0 Å². The Morgan fingerprint density at radius 1 is 0.932 bits per heavy atom. The summed E-state index contributed by atoms with van der Waals surface area (Å²) in [6.07, 6.45) is 2.33. The molecule has 1 atom stereocenters.